The van der Waals surface area contributed by atoms with E-state index in [0.717, 1.165) is 10.9 Å². The van der Waals surface area contributed by atoms with E-state index in [2.05, 4.69) is 20.4 Å². The summed E-state index contributed by atoms with van der Waals surface area (Å²) in [7, 11) is 0. The summed E-state index contributed by atoms with van der Waals surface area (Å²) in [6.07, 6.45) is 1.39. The predicted molar refractivity (Wildman–Crippen MR) is 71.8 cm³/mol. The van der Waals surface area contributed by atoms with Crippen LogP contribution in [0.25, 0.3) is 17.2 Å². The number of nitrogens with zero attached hydrogens (tertiary/aromatic N) is 7. The lowest BCUT2D eigenvalue weighted by atomic mass is 10.2. The molecule has 7 nitrogen and oxygen atoms in total. The van der Waals surface area contributed by atoms with E-state index in [9.17, 15) is 4.39 Å². The molecule has 0 aliphatic rings. The maximum Gasteiger partial charge on any atom is 0.223 e. The van der Waals surface area contributed by atoms with E-state index in [1.807, 2.05) is 12.1 Å². The van der Waals surface area contributed by atoms with Crippen LogP contribution in [0.1, 0.15) is 11.1 Å². The Balaban J connectivity index is 1.98. The van der Waals surface area contributed by atoms with Crippen molar-refractivity contribution in [3.8, 4) is 29.3 Å². The summed E-state index contributed by atoms with van der Waals surface area (Å²) < 4.78 is 13.4. The Morgan fingerprint density at radius 3 is 2.55 bits per heavy atom. The molecule has 0 aliphatic carbocycles. The van der Waals surface area contributed by atoms with Gasteiger partial charge in [0, 0.05) is 12.3 Å². The molecule has 0 spiro atoms. The maximum atomic E-state index is 13.4. The summed E-state index contributed by atoms with van der Waals surface area (Å²) in [5.74, 6) is -0.336. The number of nitriles is 2. The van der Waals surface area contributed by atoms with Crippen molar-refractivity contribution in [2.75, 3.05) is 0 Å². The van der Waals surface area contributed by atoms with Crippen molar-refractivity contribution in [3.63, 3.8) is 0 Å². The molecule has 0 N–H and O–H groups in total. The summed E-state index contributed by atoms with van der Waals surface area (Å²) in [5.41, 5.74) is 1.29. The van der Waals surface area contributed by atoms with Crippen LogP contribution in [0.3, 0.4) is 0 Å². The molecule has 3 aromatic rings. The van der Waals surface area contributed by atoms with Crippen molar-refractivity contribution in [3.05, 3.63) is 53.5 Å². The first-order chi connectivity index (χ1) is 10.7. The number of hydrogen-bond acceptors (Lipinski definition) is 6. The molecule has 0 aliphatic heterocycles. The lowest BCUT2D eigenvalue weighted by Crippen LogP contribution is -2.00. The number of hydrogen-bond donors (Lipinski definition) is 0. The minimum atomic E-state index is -0.565. The minimum Gasteiger partial charge on any atom is -0.251 e. The van der Waals surface area contributed by atoms with Gasteiger partial charge < -0.3 is 0 Å². The number of aromatic nitrogens is 5. The van der Waals surface area contributed by atoms with Gasteiger partial charge in [-0.15, -0.1) is 15.0 Å². The monoisotopic (exact) mass is 291 g/mol. The van der Waals surface area contributed by atoms with Crippen LogP contribution in [0.4, 0.5) is 4.39 Å². The number of pyridine rings is 1. The third-order valence-corrected chi connectivity index (χ3v) is 2.78. The van der Waals surface area contributed by atoms with Crippen LogP contribution in [-0.4, -0.2) is 25.2 Å². The molecule has 0 unspecified atom stereocenters. The molecular weight excluding hydrogens is 285 g/mol. The summed E-state index contributed by atoms with van der Waals surface area (Å²) in [4.78, 5) is 5.16. The molecular formula is C14H6FN7. The van der Waals surface area contributed by atoms with Crippen molar-refractivity contribution in [1.82, 2.24) is 25.2 Å². The maximum absolute atomic E-state index is 13.4. The SMILES string of the molecule is N#Cc1ccc(-c2nnn(-c3cc(F)cc(C#N)c3)n2)nc1. The van der Waals surface area contributed by atoms with E-state index in [-0.39, 0.29) is 17.1 Å². The molecule has 0 amide bonds. The van der Waals surface area contributed by atoms with Gasteiger partial charge in [-0.2, -0.15) is 10.5 Å². The fourth-order valence-corrected chi connectivity index (χ4v) is 1.77. The van der Waals surface area contributed by atoms with Gasteiger partial charge >= 0.3 is 0 Å². The first kappa shape index (κ1) is 13.3. The van der Waals surface area contributed by atoms with Crippen molar-refractivity contribution < 1.29 is 4.39 Å². The van der Waals surface area contributed by atoms with E-state index >= 15 is 0 Å². The first-order valence-electron chi connectivity index (χ1n) is 6.07. The largest absolute Gasteiger partial charge is 0.251 e. The Labute approximate surface area is 123 Å². The third kappa shape index (κ3) is 2.49. The topological polar surface area (TPSA) is 104 Å². The van der Waals surface area contributed by atoms with Gasteiger partial charge in [0.15, 0.2) is 0 Å². The van der Waals surface area contributed by atoms with Crippen LogP contribution in [0.15, 0.2) is 36.5 Å². The Hall–Kier alpha value is -3.65. The molecule has 22 heavy (non-hydrogen) atoms. The molecule has 0 fully saturated rings. The van der Waals surface area contributed by atoms with Crippen LogP contribution >= 0.6 is 0 Å². The Kier molecular flexibility index (Phi) is 3.26. The molecule has 1 aromatic carbocycles. The third-order valence-electron chi connectivity index (χ3n) is 2.78. The number of benzene rings is 1. The van der Waals surface area contributed by atoms with Gasteiger partial charge in [-0.05, 0) is 29.5 Å². The average molecular weight is 291 g/mol. The van der Waals surface area contributed by atoms with Gasteiger partial charge in [0.1, 0.15) is 17.6 Å². The van der Waals surface area contributed by atoms with E-state index in [1.165, 1.54) is 18.3 Å². The van der Waals surface area contributed by atoms with Gasteiger partial charge in [-0.25, -0.2) is 4.39 Å². The predicted octanol–water partition coefficient (Wildman–Crippen LogP) is 1.61. The molecule has 0 bridgehead atoms. The van der Waals surface area contributed by atoms with Gasteiger partial charge in [-0.3, -0.25) is 4.98 Å². The Bertz CT molecular complexity index is 916. The second kappa shape index (κ2) is 5.38. The lowest BCUT2D eigenvalue weighted by molar-refractivity contribution is 0.620. The van der Waals surface area contributed by atoms with Crippen molar-refractivity contribution in [2.45, 2.75) is 0 Å². The van der Waals surface area contributed by atoms with Crippen LogP contribution in [0.2, 0.25) is 0 Å². The fourth-order valence-electron chi connectivity index (χ4n) is 1.77. The normalized spacial score (nSPS) is 9.95. The number of halogens is 1. The van der Waals surface area contributed by atoms with Gasteiger partial charge in [0.25, 0.3) is 0 Å². The molecule has 8 heteroatoms. The second-order valence-corrected chi connectivity index (χ2v) is 4.26. The van der Waals surface area contributed by atoms with E-state index in [1.54, 1.807) is 12.1 Å². The number of rotatable bonds is 2. The van der Waals surface area contributed by atoms with Crippen molar-refractivity contribution in [1.29, 1.82) is 10.5 Å². The quantitative estimate of drug-likeness (QED) is 0.710. The zero-order chi connectivity index (χ0) is 15.5. The molecule has 0 saturated carbocycles. The molecule has 2 heterocycles. The highest BCUT2D eigenvalue weighted by Crippen LogP contribution is 2.14. The molecule has 0 atom stereocenters. The second-order valence-electron chi connectivity index (χ2n) is 4.26. The van der Waals surface area contributed by atoms with Gasteiger partial charge in [0.2, 0.25) is 5.82 Å². The summed E-state index contributed by atoms with van der Waals surface area (Å²) >= 11 is 0. The fraction of sp³-hybridized carbons (Fsp3) is 0. The summed E-state index contributed by atoms with van der Waals surface area (Å²) in [6.45, 7) is 0. The van der Waals surface area contributed by atoms with Crippen LogP contribution in [0.5, 0.6) is 0 Å². The van der Waals surface area contributed by atoms with E-state index in [0.29, 0.717) is 11.3 Å². The van der Waals surface area contributed by atoms with Gasteiger partial charge in [0.05, 0.1) is 22.9 Å². The van der Waals surface area contributed by atoms with Crippen molar-refractivity contribution >= 4 is 0 Å². The lowest BCUT2D eigenvalue weighted by Gasteiger charge is -1.99. The average Bonchev–Trinajstić information content (AvgIpc) is 3.04. The van der Waals surface area contributed by atoms with Crippen LogP contribution < -0.4 is 0 Å². The van der Waals surface area contributed by atoms with Crippen LogP contribution in [0, 0.1) is 28.5 Å². The highest BCUT2D eigenvalue weighted by atomic mass is 19.1. The molecule has 3 rings (SSSR count). The van der Waals surface area contributed by atoms with Crippen LogP contribution in [-0.2, 0) is 0 Å². The summed E-state index contributed by atoms with van der Waals surface area (Å²) in [6, 6.07) is 10.7. The highest BCUT2D eigenvalue weighted by molar-refractivity contribution is 5.49. The van der Waals surface area contributed by atoms with Gasteiger partial charge in [-0.1, -0.05) is 0 Å². The standard InChI is InChI=1S/C14H6FN7/c15-11-3-10(7-17)4-12(5-11)22-20-14(19-21-22)13-2-1-9(6-16)8-18-13/h1-5,8H. The Morgan fingerprint density at radius 2 is 1.86 bits per heavy atom. The highest BCUT2D eigenvalue weighted by Gasteiger charge is 2.10. The molecule has 2 aromatic heterocycles. The smallest absolute Gasteiger partial charge is 0.223 e. The Morgan fingerprint density at radius 1 is 1.05 bits per heavy atom. The van der Waals surface area contributed by atoms with E-state index in [4.69, 9.17) is 10.5 Å². The zero-order valence-corrected chi connectivity index (χ0v) is 11.0. The first-order valence-corrected chi connectivity index (χ1v) is 6.07. The summed E-state index contributed by atoms with van der Waals surface area (Å²) in [5, 5.41) is 29.3. The molecule has 104 valence electrons. The molecule has 0 saturated heterocycles. The minimum absolute atomic E-state index is 0.158. The zero-order valence-electron chi connectivity index (χ0n) is 11.0. The number of tetrazole rings is 1. The van der Waals surface area contributed by atoms with E-state index < -0.39 is 5.82 Å². The van der Waals surface area contributed by atoms with Crippen molar-refractivity contribution in [2.24, 2.45) is 0 Å². The molecule has 0 radical (unpaired) electrons.